The Labute approximate surface area is 216 Å². The van der Waals surface area contributed by atoms with Crippen molar-refractivity contribution in [1.29, 1.82) is 0 Å². The summed E-state index contributed by atoms with van der Waals surface area (Å²) >= 11 is 7.63. The van der Waals surface area contributed by atoms with Crippen LogP contribution >= 0.6 is 22.9 Å². The first-order chi connectivity index (χ1) is 17.3. The van der Waals surface area contributed by atoms with Crippen molar-refractivity contribution in [2.24, 2.45) is 0 Å². The molecule has 8 heteroatoms. The van der Waals surface area contributed by atoms with Gasteiger partial charge in [-0.15, -0.1) is 0 Å². The second-order valence-electron chi connectivity index (χ2n) is 9.15. The predicted octanol–water partition coefficient (Wildman–Crippen LogP) is 6.21. The van der Waals surface area contributed by atoms with Crippen LogP contribution in [0.3, 0.4) is 0 Å². The summed E-state index contributed by atoms with van der Waals surface area (Å²) in [5.41, 5.74) is 3.82. The third-order valence-electron chi connectivity index (χ3n) is 6.52. The topological polar surface area (TPSA) is 79.7 Å². The summed E-state index contributed by atoms with van der Waals surface area (Å²) in [6.07, 6.45) is 0.741. The maximum atomic E-state index is 13.4. The molecular weight excluding hydrogens is 496 g/mol. The van der Waals surface area contributed by atoms with Crippen LogP contribution in [0.4, 0.5) is 5.13 Å². The fourth-order valence-corrected chi connectivity index (χ4v) is 6.16. The van der Waals surface area contributed by atoms with Gasteiger partial charge in [-0.2, -0.15) is 0 Å². The van der Waals surface area contributed by atoms with Crippen molar-refractivity contribution in [3.8, 4) is 5.75 Å². The number of halogens is 1. The van der Waals surface area contributed by atoms with Crippen molar-refractivity contribution in [3.63, 3.8) is 0 Å². The summed E-state index contributed by atoms with van der Waals surface area (Å²) in [7, 11) is 0. The van der Waals surface area contributed by atoms with E-state index in [1.165, 1.54) is 16.2 Å². The van der Waals surface area contributed by atoms with Gasteiger partial charge in [0.25, 0.3) is 5.78 Å². The molecular formula is C28H21ClN2O4S. The monoisotopic (exact) mass is 516 g/mol. The number of thiazole rings is 1. The highest BCUT2D eigenvalue weighted by Gasteiger charge is 2.48. The first-order valence-electron chi connectivity index (χ1n) is 11.5. The zero-order valence-electron chi connectivity index (χ0n) is 19.5. The van der Waals surface area contributed by atoms with Gasteiger partial charge in [-0.25, -0.2) is 4.98 Å². The Morgan fingerprint density at radius 2 is 1.97 bits per heavy atom. The molecule has 2 atom stereocenters. The van der Waals surface area contributed by atoms with E-state index >= 15 is 0 Å². The maximum absolute atomic E-state index is 13.4. The van der Waals surface area contributed by atoms with Crippen molar-refractivity contribution in [2.75, 3.05) is 4.90 Å². The number of carbonyl (C=O) groups is 2. The highest BCUT2D eigenvalue weighted by molar-refractivity contribution is 7.22. The Hall–Kier alpha value is -3.68. The summed E-state index contributed by atoms with van der Waals surface area (Å²) in [5.74, 6) is -0.982. The van der Waals surface area contributed by atoms with Crippen LogP contribution in [0.5, 0.6) is 5.75 Å². The van der Waals surface area contributed by atoms with Gasteiger partial charge in [0.05, 0.1) is 21.8 Å². The molecule has 0 radical (unpaired) electrons. The van der Waals surface area contributed by atoms with Crippen molar-refractivity contribution in [3.05, 3.63) is 93.5 Å². The average molecular weight is 517 g/mol. The van der Waals surface area contributed by atoms with Crippen LogP contribution < -0.4 is 9.64 Å². The number of carbonyl (C=O) groups excluding carboxylic acids is 2. The molecule has 4 aromatic rings. The summed E-state index contributed by atoms with van der Waals surface area (Å²) in [6.45, 7) is 3.96. The molecule has 180 valence electrons. The molecule has 0 saturated carbocycles. The molecule has 2 aliphatic heterocycles. The lowest BCUT2D eigenvalue weighted by atomic mass is 9.94. The Morgan fingerprint density at radius 1 is 1.14 bits per heavy atom. The van der Waals surface area contributed by atoms with E-state index in [4.69, 9.17) is 16.3 Å². The van der Waals surface area contributed by atoms with E-state index in [-0.39, 0.29) is 17.4 Å². The molecule has 1 fully saturated rings. The van der Waals surface area contributed by atoms with Gasteiger partial charge in [0, 0.05) is 17.0 Å². The molecule has 3 heterocycles. The first-order valence-corrected chi connectivity index (χ1v) is 12.7. The summed E-state index contributed by atoms with van der Waals surface area (Å²) < 4.78 is 6.68. The standard InChI is InChI=1S/C28H21ClN2O4S/c1-14-6-8-20-22(10-14)36-28(30-20)31-24(16-4-3-5-19(29)13-16)23(26(33)27(31)34)25(32)17-7-9-21-18(12-17)11-15(2)35-21/h3-10,12-13,15,24,32H,11H2,1-2H3/t15-,24+/m1/s1. The number of hydrogen-bond donors (Lipinski definition) is 1. The molecule has 1 aromatic heterocycles. The SMILES string of the molecule is Cc1ccc2nc(N3C(=O)C(=O)C(=C(O)c4ccc5c(c4)C[C@@H](C)O5)[C@@H]3c3cccc(Cl)c3)sc2c1. The van der Waals surface area contributed by atoms with Crippen molar-refractivity contribution in [1.82, 2.24) is 4.98 Å². The van der Waals surface area contributed by atoms with Gasteiger partial charge >= 0.3 is 5.91 Å². The number of amides is 1. The minimum atomic E-state index is -0.881. The van der Waals surface area contributed by atoms with Gasteiger partial charge in [0.15, 0.2) is 5.13 Å². The van der Waals surface area contributed by atoms with E-state index in [0.29, 0.717) is 27.7 Å². The molecule has 6 nitrogen and oxygen atoms in total. The Balaban J connectivity index is 1.54. The third-order valence-corrected chi connectivity index (χ3v) is 7.77. The molecule has 0 unspecified atom stereocenters. The van der Waals surface area contributed by atoms with Gasteiger partial charge < -0.3 is 9.84 Å². The molecule has 0 bridgehead atoms. The van der Waals surface area contributed by atoms with Crippen LogP contribution in [0.2, 0.25) is 5.02 Å². The number of Topliss-reactive ketones (excluding diaryl/α,β-unsaturated/α-hetero) is 1. The number of anilines is 1. The summed E-state index contributed by atoms with van der Waals surface area (Å²) in [5, 5.41) is 12.3. The summed E-state index contributed by atoms with van der Waals surface area (Å²) in [6, 6.07) is 17.2. The number of aliphatic hydroxyl groups excluding tert-OH is 1. The Kier molecular flexibility index (Phi) is 5.35. The minimum absolute atomic E-state index is 0.00428. The zero-order chi connectivity index (χ0) is 25.1. The Morgan fingerprint density at radius 3 is 2.78 bits per heavy atom. The lowest BCUT2D eigenvalue weighted by molar-refractivity contribution is -0.132. The maximum Gasteiger partial charge on any atom is 0.301 e. The first kappa shape index (κ1) is 22.8. The fourth-order valence-electron chi connectivity index (χ4n) is 4.87. The number of aryl methyl sites for hydroxylation is 1. The van der Waals surface area contributed by atoms with E-state index in [9.17, 15) is 14.7 Å². The van der Waals surface area contributed by atoms with Gasteiger partial charge in [0.1, 0.15) is 17.6 Å². The molecule has 1 amide bonds. The van der Waals surface area contributed by atoms with E-state index in [1.807, 2.05) is 38.1 Å². The normalized spacial score (nSPS) is 20.7. The van der Waals surface area contributed by atoms with Gasteiger partial charge in [0.2, 0.25) is 0 Å². The Bertz CT molecular complexity index is 1610. The molecule has 0 spiro atoms. The lowest BCUT2D eigenvalue weighted by Crippen LogP contribution is -2.29. The predicted molar refractivity (Wildman–Crippen MR) is 141 cm³/mol. The number of ketones is 1. The molecule has 0 aliphatic carbocycles. The van der Waals surface area contributed by atoms with Crippen LogP contribution in [0.25, 0.3) is 16.0 Å². The highest BCUT2D eigenvalue weighted by Crippen LogP contribution is 2.45. The highest BCUT2D eigenvalue weighted by atomic mass is 35.5. The number of ether oxygens (including phenoxy) is 1. The summed E-state index contributed by atoms with van der Waals surface area (Å²) in [4.78, 5) is 32.9. The third kappa shape index (κ3) is 3.67. The molecule has 6 rings (SSSR count). The van der Waals surface area contributed by atoms with Crippen LogP contribution in [0.1, 0.15) is 35.2 Å². The minimum Gasteiger partial charge on any atom is -0.507 e. The number of aromatic nitrogens is 1. The van der Waals surface area contributed by atoms with Crippen LogP contribution in [0, 0.1) is 6.92 Å². The van der Waals surface area contributed by atoms with Crippen molar-refractivity contribution >= 4 is 55.7 Å². The van der Waals surface area contributed by atoms with Crippen LogP contribution in [-0.4, -0.2) is 27.9 Å². The van der Waals surface area contributed by atoms with E-state index in [2.05, 4.69) is 4.98 Å². The van der Waals surface area contributed by atoms with Crippen molar-refractivity contribution in [2.45, 2.75) is 32.4 Å². The average Bonchev–Trinajstić information content (AvgIpc) is 3.50. The number of aliphatic hydroxyl groups is 1. The van der Waals surface area contributed by atoms with Gasteiger partial charge in [-0.3, -0.25) is 14.5 Å². The largest absolute Gasteiger partial charge is 0.507 e. The van der Waals surface area contributed by atoms with E-state index < -0.39 is 17.7 Å². The molecule has 3 aromatic carbocycles. The smallest absolute Gasteiger partial charge is 0.301 e. The lowest BCUT2D eigenvalue weighted by Gasteiger charge is -2.23. The second-order valence-corrected chi connectivity index (χ2v) is 10.6. The quantitative estimate of drug-likeness (QED) is 0.199. The van der Waals surface area contributed by atoms with Crippen LogP contribution in [0.15, 0.2) is 66.2 Å². The molecule has 2 aliphatic rings. The van der Waals surface area contributed by atoms with Gasteiger partial charge in [-0.1, -0.05) is 41.1 Å². The number of rotatable bonds is 3. The molecule has 1 saturated heterocycles. The zero-order valence-corrected chi connectivity index (χ0v) is 21.1. The number of fused-ring (bicyclic) bond motifs is 2. The fraction of sp³-hybridized carbons (Fsp3) is 0.179. The van der Waals surface area contributed by atoms with E-state index in [1.54, 1.807) is 36.4 Å². The molecule has 36 heavy (non-hydrogen) atoms. The number of nitrogens with zero attached hydrogens (tertiary/aromatic N) is 2. The second kappa shape index (κ2) is 8.47. The van der Waals surface area contributed by atoms with Crippen LogP contribution in [-0.2, 0) is 16.0 Å². The number of benzene rings is 3. The molecule has 1 N–H and O–H groups in total. The van der Waals surface area contributed by atoms with Gasteiger partial charge in [-0.05, 0) is 73.0 Å². The van der Waals surface area contributed by atoms with E-state index in [0.717, 1.165) is 27.1 Å². The number of hydrogen-bond acceptors (Lipinski definition) is 6. The van der Waals surface area contributed by atoms with Crippen molar-refractivity contribution < 1.29 is 19.4 Å².